The zero-order chi connectivity index (χ0) is 20.6. The Morgan fingerprint density at radius 3 is 2.75 bits per heavy atom. The van der Waals surface area contributed by atoms with Crippen molar-refractivity contribution in [3.05, 3.63) is 44.3 Å². The Labute approximate surface area is 165 Å². The van der Waals surface area contributed by atoms with Crippen molar-refractivity contribution < 1.29 is 22.9 Å². The first-order chi connectivity index (χ1) is 13.1. The van der Waals surface area contributed by atoms with Gasteiger partial charge in [0.25, 0.3) is 15.9 Å². The van der Waals surface area contributed by atoms with Crippen LogP contribution in [-0.2, 0) is 22.9 Å². The fraction of sp³-hybridized carbons (Fsp3) is 0.353. The molecule has 1 aliphatic carbocycles. The van der Waals surface area contributed by atoms with Gasteiger partial charge in [0.1, 0.15) is 5.00 Å². The van der Waals surface area contributed by atoms with E-state index in [2.05, 4.69) is 11.6 Å². The second-order valence-corrected chi connectivity index (χ2v) is 9.40. The van der Waals surface area contributed by atoms with Gasteiger partial charge < -0.3 is 10.5 Å². The minimum atomic E-state index is -4.17. The van der Waals surface area contributed by atoms with Crippen LogP contribution in [0, 0.1) is 16.0 Å². The van der Waals surface area contributed by atoms with E-state index in [0.29, 0.717) is 12.3 Å². The molecule has 9 nitrogen and oxygen atoms in total. The van der Waals surface area contributed by atoms with Gasteiger partial charge in [-0.15, -0.1) is 11.3 Å². The molecule has 1 aliphatic rings. The molecule has 1 atom stereocenters. The summed E-state index contributed by atoms with van der Waals surface area (Å²) in [4.78, 5) is 23.1. The highest BCUT2D eigenvalue weighted by atomic mass is 32.2. The van der Waals surface area contributed by atoms with E-state index < -0.39 is 26.5 Å². The van der Waals surface area contributed by atoms with Crippen molar-refractivity contribution in [1.29, 1.82) is 0 Å². The number of carbonyl (C=O) groups is 1. The van der Waals surface area contributed by atoms with Crippen molar-refractivity contribution in [2.45, 2.75) is 31.1 Å². The van der Waals surface area contributed by atoms with Crippen LogP contribution in [-0.4, -0.2) is 26.4 Å². The summed E-state index contributed by atoms with van der Waals surface area (Å²) >= 11 is 1.18. The van der Waals surface area contributed by atoms with E-state index in [0.717, 1.165) is 29.3 Å². The molecule has 11 heteroatoms. The standard InChI is InChI=1S/C17H19N3O6S2/c1-9-3-5-11-14(7-9)27-17(15(11)16(18)21)19-28(24,25)10-4-6-13(26-2)12(8-10)20(22)23/h4,6,8-9,19H,3,5,7H2,1-2H3,(H2,18,21)/t9-/m0/s1. The minimum absolute atomic E-state index is 0.0534. The third-order valence-corrected chi connectivity index (χ3v) is 7.29. The number of anilines is 1. The van der Waals surface area contributed by atoms with Crippen LogP contribution in [0.1, 0.15) is 34.1 Å². The van der Waals surface area contributed by atoms with Gasteiger partial charge in [-0.05, 0) is 42.9 Å². The topological polar surface area (TPSA) is 142 Å². The molecule has 0 unspecified atom stereocenters. The predicted octanol–water partition coefficient (Wildman–Crippen LogP) is 2.69. The fourth-order valence-electron chi connectivity index (χ4n) is 3.24. The molecular weight excluding hydrogens is 406 g/mol. The maximum absolute atomic E-state index is 12.8. The number of nitro groups is 1. The third kappa shape index (κ3) is 3.67. The number of nitrogens with two attached hydrogens (primary N) is 1. The lowest BCUT2D eigenvalue weighted by Crippen LogP contribution is -2.19. The first-order valence-corrected chi connectivity index (χ1v) is 10.7. The van der Waals surface area contributed by atoms with E-state index >= 15 is 0 Å². The number of nitro benzene ring substituents is 1. The number of fused-ring (bicyclic) bond motifs is 1. The molecule has 0 spiro atoms. The highest BCUT2D eigenvalue weighted by Gasteiger charge is 2.29. The highest BCUT2D eigenvalue weighted by molar-refractivity contribution is 7.93. The van der Waals surface area contributed by atoms with Crippen LogP contribution in [0.15, 0.2) is 23.1 Å². The number of thiophene rings is 1. The molecule has 3 rings (SSSR count). The number of ether oxygens (including phenoxy) is 1. The number of hydrogen-bond acceptors (Lipinski definition) is 7. The number of sulfonamides is 1. The van der Waals surface area contributed by atoms with Gasteiger partial charge in [-0.2, -0.15) is 0 Å². The SMILES string of the molecule is COc1ccc(S(=O)(=O)Nc2sc3c(c2C(N)=O)CC[C@H](C)C3)cc1[N+](=O)[O-]. The Morgan fingerprint density at radius 1 is 1.43 bits per heavy atom. The summed E-state index contributed by atoms with van der Waals surface area (Å²) in [6.45, 7) is 2.09. The minimum Gasteiger partial charge on any atom is -0.490 e. The lowest BCUT2D eigenvalue weighted by Gasteiger charge is -2.18. The van der Waals surface area contributed by atoms with Crippen LogP contribution in [0.4, 0.5) is 10.7 Å². The average molecular weight is 425 g/mol. The Balaban J connectivity index is 2.03. The van der Waals surface area contributed by atoms with Crippen molar-refractivity contribution in [2.75, 3.05) is 11.8 Å². The first-order valence-electron chi connectivity index (χ1n) is 8.43. The number of hydrogen-bond donors (Lipinski definition) is 2. The van der Waals surface area contributed by atoms with Gasteiger partial charge in [-0.3, -0.25) is 19.6 Å². The average Bonchev–Trinajstić information content (AvgIpc) is 2.97. The maximum Gasteiger partial charge on any atom is 0.312 e. The second-order valence-electron chi connectivity index (χ2n) is 6.62. The van der Waals surface area contributed by atoms with Gasteiger partial charge in [-0.25, -0.2) is 8.42 Å². The summed E-state index contributed by atoms with van der Waals surface area (Å²) in [6, 6.07) is 3.33. The van der Waals surface area contributed by atoms with Gasteiger partial charge in [0.2, 0.25) is 0 Å². The summed E-state index contributed by atoms with van der Waals surface area (Å²) in [5, 5.41) is 11.3. The predicted molar refractivity (Wildman–Crippen MR) is 104 cm³/mol. The molecule has 0 radical (unpaired) electrons. The fourth-order valence-corrected chi connectivity index (χ4v) is 5.99. The Morgan fingerprint density at radius 2 is 2.14 bits per heavy atom. The van der Waals surface area contributed by atoms with E-state index in [1.165, 1.54) is 30.6 Å². The summed E-state index contributed by atoms with van der Waals surface area (Å²) in [6.07, 6.45) is 2.29. The molecule has 0 aliphatic heterocycles. The quantitative estimate of drug-likeness (QED) is 0.538. The van der Waals surface area contributed by atoms with Gasteiger partial charge in [0.15, 0.2) is 5.75 Å². The number of benzene rings is 1. The lowest BCUT2D eigenvalue weighted by atomic mass is 9.88. The smallest absolute Gasteiger partial charge is 0.312 e. The van der Waals surface area contributed by atoms with E-state index in [4.69, 9.17) is 10.5 Å². The number of nitrogens with one attached hydrogen (secondary N) is 1. The van der Waals surface area contributed by atoms with Crippen molar-refractivity contribution >= 4 is 38.0 Å². The molecule has 1 amide bonds. The Kier molecular flexibility index (Phi) is 5.31. The normalized spacial score (nSPS) is 16.3. The molecule has 3 N–H and O–H groups in total. The van der Waals surface area contributed by atoms with E-state index in [9.17, 15) is 23.3 Å². The summed E-state index contributed by atoms with van der Waals surface area (Å²) in [5.41, 5.74) is 6.00. The molecule has 1 aromatic heterocycles. The number of amides is 1. The number of methoxy groups -OCH3 is 1. The first kappa shape index (κ1) is 20.1. The lowest BCUT2D eigenvalue weighted by molar-refractivity contribution is -0.386. The van der Waals surface area contributed by atoms with Crippen LogP contribution in [0.25, 0.3) is 0 Å². The van der Waals surface area contributed by atoms with Crippen molar-refractivity contribution in [1.82, 2.24) is 0 Å². The van der Waals surface area contributed by atoms with Gasteiger partial charge in [0, 0.05) is 10.9 Å². The van der Waals surface area contributed by atoms with Crippen LogP contribution in [0.3, 0.4) is 0 Å². The van der Waals surface area contributed by atoms with Gasteiger partial charge >= 0.3 is 5.69 Å². The van der Waals surface area contributed by atoms with Gasteiger partial charge in [0.05, 0.1) is 22.5 Å². The van der Waals surface area contributed by atoms with E-state index in [1.807, 2.05) is 0 Å². The Bertz CT molecular complexity index is 1060. The molecule has 150 valence electrons. The molecule has 0 fully saturated rings. The molecule has 1 heterocycles. The molecule has 2 aromatic rings. The maximum atomic E-state index is 12.8. The van der Waals surface area contributed by atoms with E-state index in [1.54, 1.807) is 0 Å². The van der Waals surface area contributed by atoms with Crippen molar-refractivity contribution in [3.8, 4) is 5.75 Å². The molecule has 0 saturated heterocycles. The van der Waals surface area contributed by atoms with Gasteiger partial charge in [-0.1, -0.05) is 6.92 Å². The highest BCUT2D eigenvalue weighted by Crippen LogP contribution is 2.40. The zero-order valence-corrected chi connectivity index (χ0v) is 16.9. The molecule has 0 bridgehead atoms. The monoisotopic (exact) mass is 425 g/mol. The molecule has 28 heavy (non-hydrogen) atoms. The van der Waals surface area contributed by atoms with E-state index in [-0.39, 0.29) is 21.2 Å². The van der Waals surface area contributed by atoms with Crippen LogP contribution in [0.2, 0.25) is 0 Å². The third-order valence-electron chi connectivity index (χ3n) is 4.64. The molecule has 0 saturated carbocycles. The zero-order valence-electron chi connectivity index (χ0n) is 15.2. The number of nitrogens with zero attached hydrogens (tertiary/aromatic N) is 1. The van der Waals surface area contributed by atoms with Crippen molar-refractivity contribution in [2.24, 2.45) is 11.7 Å². The molecule has 1 aromatic carbocycles. The summed E-state index contributed by atoms with van der Waals surface area (Å²) in [5.74, 6) is -0.326. The molecular formula is C17H19N3O6S2. The summed E-state index contributed by atoms with van der Waals surface area (Å²) < 4.78 is 32.9. The number of carbonyl (C=O) groups excluding carboxylic acids is 1. The van der Waals surface area contributed by atoms with Crippen LogP contribution >= 0.6 is 11.3 Å². The summed E-state index contributed by atoms with van der Waals surface area (Å²) in [7, 11) is -2.92. The van der Waals surface area contributed by atoms with Crippen molar-refractivity contribution in [3.63, 3.8) is 0 Å². The number of rotatable bonds is 6. The Hall–Kier alpha value is -2.66. The van der Waals surface area contributed by atoms with Crippen LogP contribution < -0.4 is 15.2 Å². The largest absolute Gasteiger partial charge is 0.490 e. The van der Waals surface area contributed by atoms with Crippen LogP contribution in [0.5, 0.6) is 5.75 Å². The second kappa shape index (κ2) is 7.40. The number of primary amides is 1.